The summed E-state index contributed by atoms with van der Waals surface area (Å²) in [7, 11) is 1.85. The molecule has 1 heterocycles. The van der Waals surface area contributed by atoms with E-state index in [4.69, 9.17) is 0 Å². The predicted molar refractivity (Wildman–Crippen MR) is 43.9 cm³/mol. The first-order valence-electron chi connectivity index (χ1n) is 3.69. The van der Waals surface area contributed by atoms with Gasteiger partial charge in [-0.3, -0.25) is 0 Å². The minimum atomic E-state index is 0.697. The Labute approximate surface area is 67.1 Å². The quantitative estimate of drug-likeness (QED) is 0.678. The molecule has 0 aliphatic rings. The highest BCUT2D eigenvalue weighted by Gasteiger charge is 1.87. The molecule has 0 aliphatic heterocycles. The first kappa shape index (κ1) is 9.97. The lowest BCUT2D eigenvalue weighted by atomic mass is 10.6. The van der Waals surface area contributed by atoms with Crippen LogP contribution in [0.4, 0.5) is 0 Å². The lowest BCUT2D eigenvalue weighted by molar-refractivity contribution is 0.747. The summed E-state index contributed by atoms with van der Waals surface area (Å²) in [6.07, 6.45) is 2.97. The molecule has 0 bridgehead atoms. The standard InChI is InChI=1S/C5H8N4.C2H6/c1-6-2-5-8-3-7-4-9-5;1-2/h3-4,6H,2H2,1H3;1-2H3. The summed E-state index contributed by atoms with van der Waals surface area (Å²) in [5.74, 6) is 0.771. The Kier molecular flexibility index (Phi) is 6.42. The van der Waals surface area contributed by atoms with Crippen LogP contribution >= 0.6 is 0 Å². The van der Waals surface area contributed by atoms with Crippen LogP contribution in [0.2, 0.25) is 0 Å². The number of aromatic nitrogens is 3. The van der Waals surface area contributed by atoms with E-state index < -0.39 is 0 Å². The van der Waals surface area contributed by atoms with E-state index in [0.29, 0.717) is 6.54 Å². The van der Waals surface area contributed by atoms with Gasteiger partial charge in [0.15, 0.2) is 0 Å². The first-order chi connectivity index (χ1) is 5.43. The molecule has 1 rings (SSSR count). The molecule has 4 heteroatoms. The van der Waals surface area contributed by atoms with Crippen molar-refractivity contribution < 1.29 is 0 Å². The Balaban J connectivity index is 0.000000461. The molecule has 0 fully saturated rings. The molecule has 0 atom stereocenters. The second kappa shape index (κ2) is 7.08. The lowest BCUT2D eigenvalue weighted by Gasteiger charge is -1.93. The van der Waals surface area contributed by atoms with Crippen molar-refractivity contribution >= 4 is 0 Å². The zero-order valence-corrected chi connectivity index (χ0v) is 7.20. The molecule has 0 spiro atoms. The van der Waals surface area contributed by atoms with Gasteiger partial charge in [-0.1, -0.05) is 13.8 Å². The summed E-state index contributed by atoms with van der Waals surface area (Å²) in [5.41, 5.74) is 0. The predicted octanol–water partition coefficient (Wildman–Crippen LogP) is 0.617. The maximum Gasteiger partial charge on any atom is 0.145 e. The van der Waals surface area contributed by atoms with E-state index in [2.05, 4.69) is 20.3 Å². The summed E-state index contributed by atoms with van der Waals surface area (Å²) >= 11 is 0. The third kappa shape index (κ3) is 4.38. The maximum absolute atomic E-state index is 3.88. The average molecular weight is 154 g/mol. The molecule has 0 radical (unpaired) electrons. The van der Waals surface area contributed by atoms with Crippen LogP contribution in [0.3, 0.4) is 0 Å². The van der Waals surface area contributed by atoms with Gasteiger partial charge in [0.1, 0.15) is 18.5 Å². The number of hydrogen-bond acceptors (Lipinski definition) is 4. The SMILES string of the molecule is CC.CNCc1ncncn1. The smallest absolute Gasteiger partial charge is 0.145 e. The molecule has 0 saturated heterocycles. The second-order valence-electron chi connectivity index (χ2n) is 1.58. The van der Waals surface area contributed by atoms with Crippen molar-refractivity contribution in [3.8, 4) is 0 Å². The highest BCUT2D eigenvalue weighted by Crippen LogP contribution is 1.80. The van der Waals surface area contributed by atoms with E-state index in [1.165, 1.54) is 12.7 Å². The zero-order valence-electron chi connectivity index (χ0n) is 7.20. The molecule has 62 valence electrons. The Bertz CT molecular complexity index is 163. The molecule has 1 aromatic rings. The van der Waals surface area contributed by atoms with Crippen LogP contribution in [0.15, 0.2) is 12.7 Å². The lowest BCUT2D eigenvalue weighted by Crippen LogP contribution is -2.08. The van der Waals surface area contributed by atoms with Gasteiger partial charge in [-0.2, -0.15) is 0 Å². The largest absolute Gasteiger partial charge is 0.313 e. The van der Waals surface area contributed by atoms with Gasteiger partial charge >= 0.3 is 0 Å². The van der Waals surface area contributed by atoms with E-state index in [1.807, 2.05) is 20.9 Å². The van der Waals surface area contributed by atoms with Gasteiger partial charge in [0.05, 0.1) is 6.54 Å². The average Bonchev–Trinajstić information content (AvgIpc) is 2.11. The van der Waals surface area contributed by atoms with Crippen molar-refractivity contribution in [3.63, 3.8) is 0 Å². The molecule has 1 N–H and O–H groups in total. The molecule has 0 unspecified atom stereocenters. The minimum absolute atomic E-state index is 0.697. The van der Waals surface area contributed by atoms with Crippen molar-refractivity contribution in [2.45, 2.75) is 20.4 Å². The molecular weight excluding hydrogens is 140 g/mol. The van der Waals surface area contributed by atoms with Crippen molar-refractivity contribution in [2.24, 2.45) is 0 Å². The fourth-order valence-electron chi connectivity index (χ4n) is 0.513. The summed E-state index contributed by atoms with van der Waals surface area (Å²) in [4.78, 5) is 11.4. The van der Waals surface area contributed by atoms with Gasteiger partial charge in [0, 0.05) is 0 Å². The molecule has 0 saturated carbocycles. The van der Waals surface area contributed by atoms with Crippen LogP contribution in [0, 0.1) is 0 Å². The highest BCUT2D eigenvalue weighted by molar-refractivity contribution is 4.78. The third-order valence-corrected chi connectivity index (χ3v) is 0.882. The third-order valence-electron chi connectivity index (χ3n) is 0.882. The van der Waals surface area contributed by atoms with Crippen LogP contribution in [0.1, 0.15) is 19.7 Å². The number of nitrogens with zero attached hydrogens (tertiary/aromatic N) is 3. The van der Waals surface area contributed by atoms with Gasteiger partial charge in [-0.05, 0) is 7.05 Å². The van der Waals surface area contributed by atoms with Crippen molar-refractivity contribution in [2.75, 3.05) is 7.05 Å². The topological polar surface area (TPSA) is 50.7 Å². The van der Waals surface area contributed by atoms with Gasteiger partial charge in [-0.25, -0.2) is 15.0 Å². The van der Waals surface area contributed by atoms with Crippen molar-refractivity contribution in [1.29, 1.82) is 0 Å². The summed E-state index contributed by atoms with van der Waals surface area (Å²) < 4.78 is 0. The Morgan fingerprint density at radius 1 is 1.27 bits per heavy atom. The van der Waals surface area contributed by atoms with E-state index >= 15 is 0 Å². The highest BCUT2D eigenvalue weighted by atomic mass is 15.0. The molecule has 4 nitrogen and oxygen atoms in total. The van der Waals surface area contributed by atoms with E-state index in [-0.39, 0.29) is 0 Å². The van der Waals surface area contributed by atoms with E-state index in [0.717, 1.165) is 5.82 Å². The van der Waals surface area contributed by atoms with Gasteiger partial charge in [0.2, 0.25) is 0 Å². The summed E-state index contributed by atoms with van der Waals surface area (Å²) in [6, 6.07) is 0. The molecule has 1 aromatic heterocycles. The van der Waals surface area contributed by atoms with Gasteiger partial charge in [0.25, 0.3) is 0 Å². The molecule has 0 amide bonds. The normalized spacial score (nSPS) is 8.27. The van der Waals surface area contributed by atoms with Crippen LogP contribution < -0.4 is 5.32 Å². The fraction of sp³-hybridized carbons (Fsp3) is 0.571. The van der Waals surface area contributed by atoms with Gasteiger partial charge in [-0.15, -0.1) is 0 Å². The van der Waals surface area contributed by atoms with Crippen LogP contribution in [-0.2, 0) is 6.54 Å². The summed E-state index contributed by atoms with van der Waals surface area (Å²) in [5, 5.41) is 2.93. The summed E-state index contributed by atoms with van der Waals surface area (Å²) in [6.45, 7) is 4.70. The maximum atomic E-state index is 3.88. The molecule has 0 aromatic carbocycles. The molecule has 0 aliphatic carbocycles. The Hall–Kier alpha value is -1.03. The van der Waals surface area contributed by atoms with E-state index in [1.54, 1.807) is 0 Å². The van der Waals surface area contributed by atoms with Crippen molar-refractivity contribution in [1.82, 2.24) is 20.3 Å². The number of rotatable bonds is 2. The number of nitrogens with one attached hydrogen (secondary N) is 1. The number of hydrogen-bond donors (Lipinski definition) is 1. The molecular formula is C7H14N4. The Morgan fingerprint density at radius 3 is 2.27 bits per heavy atom. The fourth-order valence-corrected chi connectivity index (χ4v) is 0.513. The van der Waals surface area contributed by atoms with Crippen LogP contribution in [-0.4, -0.2) is 22.0 Å². The minimum Gasteiger partial charge on any atom is -0.313 e. The Morgan fingerprint density at radius 2 is 1.82 bits per heavy atom. The van der Waals surface area contributed by atoms with Crippen LogP contribution in [0.5, 0.6) is 0 Å². The zero-order chi connectivity index (χ0) is 8.53. The molecule has 11 heavy (non-hydrogen) atoms. The first-order valence-corrected chi connectivity index (χ1v) is 3.69. The van der Waals surface area contributed by atoms with Crippen LogP contribution in [0.25, 0.3) is 0 Å². The van der Waals surface area contributed by atoms with Crippen molar-refractivity contribution in [3.05, 3.63) is 18.5 Å². The van der Waals surface area contributed by atoms with E-state index in [9.17, 15) is 0 Å². The second-order valence-corrected chi connectivity index (χ2v) is 1.58. The monoisotopic (exact) mass is 154 g/mol. The van der Waals surface area contributed by atoms with Gasteiger partial charge < -0.3 is 5.32 Å².